The van der Waals surface area contributed by atoms with Crippen LogP contribution in [0.15, 0.2) is 22.5 Å². The minimum absolute atomic E-state index is 0.222. The molecule has 6 heteroatoms. The summed E-state index contributed by atoms with van der Waals surface area (Å²) >= 11 is 3.17. The average Bonchev–Trinajstić information content (AvgIpc) is 3.24. The third-order valence-electron chi connectivity index (χ3n) is 5.74. The van der Waals surface area contributed by atoms with Crippen LogP contribution in [-0.4, -0.2) is 21.2 Å². The molecule has 5 rings (SSSR count). The lowest BCUT2D eigenvalue weighted by atomic mass is 9.89. The van der Waals surface area contributed by atoms with E-state index in [9.17, 15) is 4.79 Å². The first-order valence-corrected chi connectivity index (χ1v) is 11.6. The largest absolute Gasteiger partial charge is 0.399 e. The van der Waals surface area contributed by atoms with Gasteiger partial charge in [-0.1, -0.05) is 11.8 Å². The number of rotatable bonds is 3. The first-order chi connectivity index (χ1) is 13.2. The quantitative estimate of drug-likeness (QED) is 0.506. The number of hydrogen-bond donors (Lipinski definition) is 1. The van der Waals surface area contributed by atoms with Gasteiger partial charge >= 0.3 is 0 Å². The molecule has 140 valence electrons. The van der Waals surface area contributed by atoms with E-state index < -0.39 is 0 Å². The second-order valence-corrected chi connectivity index (χ2v) is 9.74. The van der Waals surface area contributed by atoms with Crippen molar-refractivity contribution in [2.24, 2.45) is 0 Å². The molecule has 0 bridgehead atoms. The highest BCUT2D eigenvalue weighted by Gasteiger charge is 2.28. The molecule has 2 N–H and O–H groups in total. The predicted molar refractivity (Wildman–Crippen MR) is 113 cm³/mol. The average molecular weight is 398 g/mol. The third kappa shape index (κ3) is 3.09. The number of fused-ring (bicyclic) bond motifs is 4. The number of benzene rings is 1. The molecule has 1 aromatic carbocycles. The van der Waals surface area contributed by atoms with Crippen molar-refractivity contribution in [2.75, 3.05) is 11.5 Å². The van der Waals surface area contributed by atoms with E-state index in [0.29, 0.717) is 5.75 Å². The lowest BCUT2D eigenvalue weighted by Gasteiger charge is -2.16. The van der Waals surface area contributed by atoms with Crippen molar-refractivity contribution < 1.29 is 4.79 Å². The third-order valence-corrected chi connectivity index (χ3v) is 7.89. The number of carbonyl (C=O) groups is 1. The number of carbonyl (C=O) groups excluding carboxylic acids is 1. The summed E-state index contributed by atoms with van der Waals surface area (Å²) in [7, 11) is 0. The number of thioether (sulfide) groups is 1. The standard InChI is InChI=1S/C21H23N3OS2/c22-13-9-10-16-19(11-13)27-21(23-16)26-12-20(25)24-17-7-3-1-5-14(17)15-6-2-4-8-18(15)24/h9-11H,1-8,12,22H2. The Bertz CT molecular complexity index is 1000. The van der Waals surface area contributed by atoms with Gasteiger partial charge in [-0.2, -0.15) is 0 Å². The van der Waals surface area contributed by atoms with Crippen molar-refractivity contribution in [2.45, 2.75) is 55.7 Å². The fourth-order valence-corrected chi connectivity index (χ4v) is 6.52. The van der Waals surface area contributed by atoms with Gasteiger partial charge in [-0.3, -0.25) is 9.36 Å². The summed E-state index contributed by atoms with van der Waals surface area (Å²) in [6, 6.07) is 5.78. The van der Waals surface area contributed by atoms with E-state index in [2.05, 4.69) is 9.55 Å². The molecule has 0 aliphatic heterocycles. The van der Waals surface area contributed by atoms with Crippen molar-refractivity contribution in [1.82, 2.24) is 9.55 Å². The van der Waals surface area contributed by atoms with Crippen molar-refractivity contribution in [3.63, 3.8) is 0 Å². The van der Waals surface area contributed by atoms with Crippen LogP contribution in [0, 0.1) is 0 Å². The zero-order chi connectivity index (χ0) is 18.4. The summed E-state index contributed by atoms with van der Waals surface area (Å²) in [6.45, 7) is 0. The van der Waals surface area contributed by atoms with Crippen molar-refractivity contribution >= 4 is 44.9 Å². The summed E-state index contributed by atoms with van der Waals surface area (Å²) in [4.78, 5) is 17.8. The molecule has 2 aliphatic carbocycles. The lowest BCUT2D eigenvalue weighted by Crippen LogP contribution is -2.21. The van der Waals surface area contributed by atoms with Gasteiger partial charge in [0, 0.05) is 17.1 Å². The molecule has 2 heterocycles. The van der Waals surface area contributed by atoms with Gasteiger partial charge < -0.3 is 5.73 Å². The molecule has 4 nitrogen and oxygen atoms in total. The summed E-state index contributed by atoms with van der Waals surface area (Å²) < 4.78 is 4.13. The molecule has 0 radical (unpaired) electrons. The molecule has 27 heavy (non-hydrogen) atoms. The maximum atomic E-state index is 13.2. The number of hydrogen-bond acceptors (Lipinski definition) is 5. The Kier molecular flexibility index (Phi) is 4.48. The van der Waals surface area contributed by atoms with Gasteiger partial charge in [-0.25, -0.2) is 4.98 Å². The number of nitrogen functional groups attached to an aromatic ring is 1. The van der Waals surface area contributed by atoms with Crippen molar-refractivity contribution in [1.29, 1.82) is 0 Å². The van der Waals surface area contributed by atoms with Gasteiger partial charge in [0.15, 0.2) is 4.34 Å². The maximum absolute atomic E-state index is 13.2. The van der Waals surface area contributed by atoms with Crippen molar-refractivity contribution in [3.05, 3.63) is 40.7 Å². The fourth-order valence-electron chi connectivity index (χ4n) is 4.56. The first kappa shape index (κ1) is 17.3. The predicted octanol–water partition coefficient (Wildman–Crippen LogP) is 4.87. The van der Waals surface area contributed by atoms with E-state index in [4.69, 9.17) is 5.73 Å². The molecule has 0 unspecified atom stereocenters. The molecule has 0 spiro atoms. The molecule has 3 aromatic rings. The summed E-state index contributed by atoms with van der Waals surface area (Å²) in [5.41, 5.74) is 13.2. The van der Waals surface area contributed by atoms with Crippen LogP contribution in [0.3, 0.4) is 0 Å². The van der Waals surface area contributed by atoms with E-state index in [1.807, 2.05) is 18.2 Å². The fraction of sp³-hybridized carbons (Fsp3) is 0.429. The molecule has 0 fully saturated rings. The number of nitrogens with zero attached hydrogens (tertiary/aromatic N) is 2. The number of aromatic nitrogens is 2. The minimum atomic E-state index is 0.222. The monoisotopic (exact) mass is 397 g/mol. The van der Waals surface area contributed by atoms with Gasteiger partial charge in [-0.15, -0.1) is 11.3 Å². The molecule has 0 atom stereocenters. The number of anilines is 1. The molecular formula is C21H23N3OS2. The normalized spacial score (nSPS) is 16.3. The number of thiazole rings is 1. The van der Waals surface area contributed by atoms with Crippen LogP contribution in [0.2, 0.25) is 0 Å². The summed E-state index contributed by atoms with van der Waals surface area (Å²) in [5, 5.41) is 0. The molecule has 0 amide bonds. The van der Waals surface area contributed by atoms with E-state index in [-0.39, 0.29) is 5.91 Å². The first-order valence-electron chi connectivity index (χ1n) is 9.77. The van der Waals surface area contributed by atoms with Crippen LogP contribution >= 0.6 is 23.1 Å². The summed E-state index contributed by atoms with van der Waals surface area (Å²) in [6.07, 6.45) is 9.36. The van der Waals surface area contributed by atoms with Gasteiger partial charge in [0.05, 0.1) is 16.0 Å². The SMILES string of the molecule is Nc1ccc2nc(SCC(=O)n3c4c(c5c3CCCC5)CCCC4)sc2c1. The second-order valence-electron chi connectivity index (χ2n) is 7.49. The highest BCUT2D eigenvalue weighted by atomic mass is 32.2. The lowest BCUT2D eigenvalue weighted by molar-refractivity contribution is 0.0934. The van der Waals surface area contributed by atoms with E-state index in [1.54, 1.807) is 23.1 Å². The van der Waals surface area contributed by atoms with Crippen LogP contribution < -0.4 is 5.73 Å². The zero-order valence-electron chi connectivity index (χ0n) is 15.3. The van der Waals surface area contributed by atoms with E-state index in [0.717, 1.165) is 45.9 Å². The highest BCUT2D eigenvalue weighted by molar-refractivity contribution is 8.01. The smallest absolute Gasteiger partial charge is 0.241 e. The highest BCUT2D eigenvalue weighted by Crippen LogP contribution is 2.36. The second kappa shape index (κ2) is 6.99. The topological polar surface area (TPSA) is 60.9 Å². The Morgan fingerprint density at radius 1 is 1.07 bits per heavy atom. The Labute approximate surface area is 167 Å². The van der Waals surface area contributed by atoms with Crippen LogP contribution in [0.1, 0.15) is 53.0 Å². The molecule has 2 aromatic heterocycles. The van der Waals surface area contributed by atoms with Crippen LogP contribution in [0.25, 0.3) is 10.2 Å². The van der Waals surface area contributed by atoms with Gasteiger partial charge in [0.25, 0.3) is 0 Å². The van der Waals surface area contributed by atoms with Gasteiger partial charge in [0.2, 0.25) is 5.91 Å². The van der Waals surface area contributed by atoms with Crippen LogP contribution in [-0.2, 0) is 25.7 Å². The van der Waals surface area contributed by atoms with Crippen LogP contribution in [0.5, 0.6) is 0 Å². The molecule has 2 aliphatic rings. The van der Waals surface area contributed by atoms with E-state index >= 15 is 0 Å². The Morgan fingerprint density at radius 3 is 2.44 bits per heavy atom. The van der Waals surface area contributed by atoms with Gasteiger partial charge in [-0.05, 0) is 80.7 Å². The Morgan fingerprint density at radius 2 is 1.74 bits per heavy atom. The molecule has 0 saturated heterocycles. The molecular weight excluding hydrogens is 374 g/mol. The number of nitrogens with two attached hydrogens (primary N) is 1. The van der Waals surface area contributed by atoms with Crippen molar-refractivity contribution in [3.8, 4) is 0 Å². The minimum Gasteiger partial charge on any atom is -0.399 e. The molecule has 0 saturated carbocycles. The Balaban J connectivity index is 1.41. The summed E-state index contributed by atoms with van der Waals surface area (Å²) in [5.74, 6) is 0.670. The van der Waals surface area contributed by atoms with Gasteiger partial charge in [0.1, 0.15) is 0 Å². The van der Waals surface area contributed by atoms with Crippen LogP contribution in [0.4, 0.5) is 5.69 Å². The van der Waals surface area contributed by atoms with E-state index in [1.165, 1.54) is 48.2 Å². The zero-order valence-corrected chi connectivity index (χ0v) is 16.9. The Hall–Kier alpha value is -1.79. The maximum Gasteiger partial charge on any atom is 0.241 e.